The minimum atomic E-state index is -1.01. The van der Waals surface area contributed by atoms with E-state index in [9.17, 15) is 9.59 Å². The molecule has 0 unspecified atom stereocenters. The molecule has 90 valence electrons. The highest BCUT2D eigenvalue weighted by molar-refractivity contribution is 5.92. The molecule has 1 aliphatic rings. The van der Waals surface area contributed by atoms with Crippen LogP contribution in [-0.4, -0.2) is 28.6 Å². The predicted molar refractivity (Wildman–Crippen MR) is 56.4 cm³/mol. The Hall–Kier alpha value is -1.95. The molecule has 0 aliphatic carbocycles. The number of carbonyl (C=O) groups is 2. The first kappa shape index (κ1) is 11.5. The Morgan fingerprint density at radius 2 is 2.18 bits per heavy atom. The molecule has 0 radical (unpaired) electrons. The van der Waals surface area contributed by atoms with Gasteiger partial charge in [0, 0.05) is 18.6 Å². The minimum absolute atomic E-state index is 0.211. The lowest BCUT2D eigenvalue weighted by atomic mass is 9.96. The van der Waals surface area contributed by atoms with Crippen molar-refractivity contribution in [2.45, 2.75) is 24.5 Å². The summed E-state index contributed by atoms with van der Waals surface area (Å²) < 4.78 is 1.83. The number of aliphatic carboxylic acids is 1. The van der Waals surface area contributed by atoms with Gasteiger partial charge in [0.15, 0.2) is 12.4 Å². The number of carboxylic acid groups (broad SMARTS) is 1. The first-order valence-corrected chi connectivity index (χ1v) is 5.34. The van der Waals surface area contributed by atoms with Crippen LogP contribution < -0.4 is 15.6 Å². The number of carboxylic acids is 1. The average molecular weight is 237 g/mol. The third-order valence-electron chi connectivity index (χ3n) is 2.94. The number of aromatic nitrogens is 1. The van der Waals surface area contributed by atoms with Gasteiger partial charge in [-0.3, -0.25) is 4.79 Å². The summed E-state index contributed by atoms with van der Waals surface area (Å²) in [5.74, 6) is -1.32. The molecule has 17 heavy (non-hydrogen) atoms. The quantitative estimate of drug-likeness (QED) is 0.527. The Bertz CT molecular complexity index is 449. The van der Waals surface area contributed by atoms with Gasteiger partial charge in [0.25, 0.3) is 5.91 Å². The van der Waals surface area contributed by atoms with E-state index in [1.165, 1.54) is 0 Å². The molecule has 0 bridgehead atoms. The molecule has 6 heteroatoms. The van der Waals surface area contributed by atoms with E-state index in [1.807, 2.05) is 35.2 Å². The Labute approximate surface area is 98.1 Å². The lowest BCUT2D eigenvalue weighted by Crippen LogP contribution is -2.80. The van der Waals surface area contributed by atoms with Crippen molar-refractivity contribution < 1.29 is 25.0 Å². The number of hydrogen-bond acceptors (Lipinski definition) is 2. The average Bonchev–Trinajstić information content (AvgIpc) is 2.57. The van der Waals surface area contributed by atoms with Crippen molar-refractivity contribution in [2.75, 3.05) is 0 Å². The fraction of sp³-hybridized carbons (Fsp3) is 0.364. The Kier molecular flexibility index (Phi) is 2.81. The zero-order valence-corrected chi connectivity index (χ0v) is 9.30. The van der Waals surface area contributed by atoms with Crippen LogP contribution in [0.5, 0.6) is 0 Å². The Morgan fingerprint density at radius 1 is 1.53 bits per heavy atom. The molecule has 2 rings (SSSR count). The van der Waals surface area contributed by atoms with Crippen LogP contribution in [0.25, 0.3) is 0 Å². The number of nitrogens with one attached hydrogen (secondary N) is 1. The van der Waals surface area contributed by atoms with Crippen LogP contribution in [0.3, 0.4) is 0 Å². The van der Waals surface area contributed by atoms with Crippen molar-refractivity contribution in [3.63, 3.8) is 0 Å². The zero-order valence-electron chi connectivity index (χ0n) is 9.30. The molecule has 6 nitrogen and oxygen atoms in total. The van der Waals surface area contributed by atoms with Crippen LogP contribution in [-0.2, 0) is 16.1 Å². The van der Waals surface area contributed by atoms with Gasteiger partial charge in [-0.1, -0.05) is 6.07 Å². The van der Waals surface area contributed by atoms with Crippen molar-refractivity contribution >= 4 is 11.9 Å². The van der Waals surface area contributed by atoms with Crippen molar-refractivity contribution in [2.24, 2.45) is 0 Å². The number of amides is 1. The normalized spacial score (nSPS) is 27.8. The number of pyridine rings is 1. The van der Waals surface area contributed by atoms with E-state index in [0.717, 1.165) is 0 Å². The van der Waals surface area contributed by atoms with Gasteiger partial charge < -0.3 is 16.2 Å². The summed E-state index contributed by atoms with van der Waals surface area (Å²) in [5.41, 5.74) is 2.97. The van der Waals surface area contributed by atoms with Gasteiger partial charge in [-0.15, -0.1) is 0 Å². The highest BCUT2D eigenvalue weighted by Gasteiger charge is 2.52. The van der Waals surface area contributed by atoms with Crippen LogP contribution in [0.4, 0.5) is 0 Å². The molecule has 0 saturated carbocycles. The smallest absolute Gasteiger partial charge is 0.326 e. The molecular weight excluding hydrogens is 222 g/mol. The third kappa shape index (κ3) is 2.26. The van der Waals surface area contributed by atoms with Crippen LogP contribution in [0.1, 0.15) is 6.42 Å². The van der Waals surface area contributed by atoms with Gasteiger partial charge in [-0.2, -0.15) is 4.57 Å². The number of nitrogens with zero attached hydrogens (tertiary/aromatic N) is 1. The first-order valence-electron chi connectivity index (χ1n) is 5.34. The maximum absolute atomic E-state index is 11.8. The van der Waals surface area contributed by atoms with Crippen LogP contribution >= 0.6 is 0 Å². The molecule has 1 aromatic heterocycles. The van der Waals surface area contributed by atoms with Gasteiger partial charge in [0.2, 0.25) is 12.1 Å². The van der Waals surface area contributed by atoms with Gasteiger partial charge >= 0.3 is 5.97 Å². The van der Waals surface area contributed by atoms with E-state index in [2.05, 4.69) is 11.1 Å². The van der Waals surface area contributed by atoms with E-state index in [-0.39, 0.29) is 12.3 Å². The lowest BCUT2D eigenvalue weighted by molar-refractivity contribution is -0.730. The van der Waals surface area contributed by atoms with Gasteiger partial charge in [0.05, 0.1) is 0 Å². The van der Waals surface area contributed by atoms with E-state index in [4.69, 9.17) is 5.11 Å². The van der Waals surface area contributed by atoms with E-state index in [1.54, 1.807) is 0 Å². The third-order valence-corrected chi connectivity index (χ3v) is 2.94. The maximum Gasteiger partial charge on any atom is 0.326 e. The number of rotatable bonds is 3. The van der Waals surface area contributed by atoms with E-state index < -0.39 is 17.6 Å². The maximum atomic E-state index is 11.8. The molecular formula is C11H15N3O3+2. The van der Waals surface area contributed by atoms with Crippen molar-refractivity contribution in [3.8, 4) is 0 Å². The number of carbonyl (C=O) groups excluding carboxylic acids is 1. The SMILES string of the molecule is [NH3+][C@@]1(C[n+]2ccccc2)C[C@@H](C(=O)O)NC1=O. The Balaban J connectivity index is 2.15. The molecule has 1 aliphatic heterocycles. The molecule has 1 aromatic rings. The van der Waals surface area contributed by atoms with E-state index in [0.29, 0.717) is 6.54 Å². The molecule has 2 atom stereocenters. The predicted octanol–water partition coefficient (Wildman–Crippen LogP) is -2.07. The molecule has 1 fully saturated rings. The summed E-state index contributed by atoms with van der Waals surface area (Å²) in [6, 6.07) is 4.75. The summed E-state index contributed by atoms with van der Waals surface area (Å²) in [7, 11) is 0. The van der Waals surface area contributed by atoms with Gasteiger partial charge in [-0.05, 0) is 0 Å². The molecule has 5 N–H and O–H groups in total. The van der Waals surface area contributed by atoms with Crippen molar-refractivity contribution in [3.05, 3.63) is 30.6 Å². The molecule has 0 aromatic carbocycles. The van der Waals surface area contributed by atoms with Crippen molar-refractivity contribution in [1.29, 1.82) is 0 Å². The summed E-state index contributed by atoms with van der Waals surface area (Å²) in [6.45, 7) is 0.378. The summed E-state index contributed by atoms with van der Waals surface area (Å²) in [5, 5.41) is 11.3. The molecule has 2 heterocycles. The zero-order chi connectivity index (χ0) is 12.5. The topological polar surface area (TPSA) is 97.9 Å². The molecule has 1 amide bonds. The fourth-order valence-electron chi connectivity index (χ4n) is 2.02. The molecule has 1 saturated heterocycles. The summed E-state index contributed by atoms with van der Waals surface area (Å²) in [6.07, 6.45) is 3.87. The van der Waals surface area contributed by atoms with Crippen LogP contribution in [0, 0.1) is 0 Å². The largest absolute Gasteiger partial charge is 0.480 e. The Morgan fingerprint density at radius 3 is 2.71 bits per heavy atom. The number of hydrogen-bond donors (Lipinski definition) is 3. The van der Waals surface area contributed by atoms with E-state index >= 15 is 0 Å². The van der Waals surface area contributed by atoms with Crippen molar-refractivity contribution in [1.82, 2.24) is 5.32 Å². The van der Waals surface area contributed by atoms with Crippen LogP contribution in [0.15, 0.2) is 30.6 Å². The second-order valence-electron chi connectivity index (χ2n) is 4.40. The summed E-state index contributed by atoms with van der Waals surface area (Å²) >= 11 is 0. The first-order chi connectivity index (χ1) is 8.01. The van der Waals surface area contributed by atoms with Gasteiger partial charge in [-0.25, -0.2) is 4.79 Å². The van der Waals surface area contributed by atoms with Crippen LogP contribution in [0.2, 0.25) is 0 Å². The second kappa shape index (κ2) is 4.14. The standard InChI is InChI=1S/C11H13N3O3/c12-11(7-14-4-2-1-3-5-14)6-8(9(15)16)13-10(11)17/h1-5,8H,6-7,12H2,(H-,13,15,16,17)/p+2/t8-,11+/m0/s1. The monoisotopic (exact) mass is 237 g/mol. The highest BCUT2D eigenvalue weighted by atomic mass is 16.4. The van der Waals surface area contributed by atoms with Gasteiger partial charge in [0.1, 0.15) is 6.04 Å². The number of quaternary nitrogens is 1. The highest BCUT2D eigenvalue weighted by Crippen LogP contribution is 2.16. The fourth-order valence-corrected chi connectivity index (χ4v) is 2.02. The summed E-state index contributed by atoms with van der Waals surface area (Å²) in [4.78, 5) is 22.6. The molecule has 0 spiro atoms. The second-order valence-corrected chi connectivity index (χ2v) is 4.40. The minimum Gasteiger partial charge on any atom is -0.480 e. The lowest BCUT2D eigenvalue weighted by Gasteiger charge is -2.12.